The van der Waals surface area contributed by atoms with Gasteiger partial charge in [-0.1, -0.05) is 23.2 Å². The molecule has 2 aliphatic heterocycles. The predicted octanol–water partition coefficient (Wildman–Crippen LogP) is 3.49. The summed E-state index contributed by atoms with van der Waals surface area (Å²) >= 11 is 13.4. The van der Waals surface area contributed by atoms with Crippen LogP contribution in [0.1, 0.15) is 61.0 Å². The van der Waals surface area contributed by atoms with E-state index in [4.69, 9.17) is 41.8 Å². The van der Waals surface area contributed by atoms with E-state index >= 15 is 0 Å². The zero-order valence-electron chi connectivity index (χ0n) is 20.1. The van der Waals surface area contributed by atoms with Crippen LogP contribution < -0.4 is 10.9 Å². The highest BCUT2D eigenvalue weighted by atomic mass is 35.5. The van der Waals surface area contributed by atoms with Gasteiger partial charge in [0.05, 0.1) is 28.6 Å². The summed E-state index contributed by atoms with van der Waals surface area (Å²) < 4.78 is 25.2. The molecule has 2 aliphatic rings. The molecule has 2 fully saturated rings. The van der Waals surface area contributed by atoms with Crippen LogP contribution >= 0.6 is 23.2 Å². The monoisotopic (exact) mass is 468 g/mol. The Morgan fingerprint density at radius 1 is 0.742 bits per heavy atom. The van der Waals surface area contributed by atoms with Crippen molar-refractivity contribution in [3.05, 3.63) is 21.7 Å². The summed E-state index contributed by atoms with van der Waals surface area (Å²) in [4.78, 5) is 0. The molecule has 10 heteroatoms. The lowest BCUT2D eigenvalue weighted by molar-refractivity contribution is 0.00578. The van der Waals surface area contributed by atoms with Crippen molar-refractivity contribution in [1.29, 1.82) is 0 Å². The second-order valence-electron chi connectivity index (χ2n) is 10.3. The van der Waals surface area contributed by atoms with E-state index in [2.05, 4.69) is 5.10 Å². The molecule has 0 saturated carbocycles. The largest absolute Gasteiger partial charge is 0.497 e. The molecule has 2 heterocycles. The van der Waals surface area contributed by atoms with E-state index < -0.39 is 36.6 Å². The third-order valence-corrected chi connectivity index (χ3v) is 7.37. The van der Waals surface area contributed by atoms with Crippen molar-refractivity contribution < 1.29 is 18.6 Å². The SMILES string of the molecule is CN(C)/N=C/c1c(B2OC(C)(C)C(C)(C)O2)c(Cl)cc(Cl)c1B1OC(C)(C)C(C)(C)O1. The number of hydrogen-bond acceptors (Lipinski definition) is 6. The molecule has 3 rings (SSSR count). The van der Waals surface area contributed by atoms with Gasteiger partial charge in [-0.3, -0.25) is 0 Å². The lowest BCUT2D eigenvalue weighted by atomic mass is 9.67. The number of rotatable bonds is 4. The van der Waals surface area contributed by atoms with Crippen LogP contribution in [0.15, 0.2) is 11.2 Å². The van der Waals surface area contributed by atoms with Crippen molar-refractivity contribution in [3.8, 4) is 0 Å². The van der Waals surface area contributed by atoms with Gasteiger partial charge in [-0.25, -0.2) is 0 Å². The molecule has 0 atom stereocenters. The van der Waals surface area contributed by atoms with E-state index in [-0.39, 0.29) is 0 Å². The molecule has 0 N–H and O–H groups in total. The Labute approximate surface area is 196 Å². The molecule has 6 nitrogen and oxygen atoms in total. The molecule has 0 radical (unpaired) electrons. The summed E-state index contributed by atoms with van der Waals surface area (Å²) in [7, 11) is 2.29. The van der Waals surface area contributed by atoms with E-state index in [0.717, 1.165) is 0 Å². The highest BCUT2D eigenvalue weighted by Crippen LogP contribution is 2.39. The Bertz CT molecular complexity index is 812. The van der Waals surface area contributed by atoms with E-state index in [0.29, 0.717) is 26.5 Å². The van der Waals surface area contributed by atoms with Crippen molar-refractivity contribution in [1.82, 2.24) is 5.01 Å². The first-order valence-electron chi connectivity index (χ1n) is 10.4. The van der Waals surface area contributed by atoms with Crippen LogP contribution in [0, 0.1) is 0 Å². The highest BCUT2D eigenvalue weighted by Gasteiger charge is 2.55. The maximum atomic E-state index is 6.71. The molecule has 1 aromatic rings. The summed E-state index contributed by atoms with van der Waals surface area (Å²) in [5.74, 6) is 0. The lowest BCUT2D eigenvalue weighted by Crippen LogP contribution is -2.46. The zero-order chi connectivity index (χ0) is 23.6. The minimum atomic E-state index is -0.695. The molecule has 0 spiro atoms. The van der Waals surface area contributed by atoms with Gasteiger partial charge in [0.25, 0.3) is 0 Å². The maximum absolute atomic E-state index is 6.71. The summed E-state index contributed by atoms with van der Waals surface area (Å²) in [5, 5.41) is 7.02. The number of nitrogens with zero attached hydrogens (tertiary/aromatic N) is 2. The summed E-state index contributed by atoms with van der Waals surface area (Å²) in [6, 6.07) is 1.69. The molecule has 2 saturated heterocycles. The summed E-state index contributed by atoms with van der Waals surface area (Å²) in [6.07, 6.45) is 1.71. The second-order valence-corrected chi connectivity index (χ2v) is 11.2. The van der Waals surface area contributed by atoms with Gasteiger partial charge in [0.15, 0.2) is 0 Å². The molecule has 0 aromatic heterocycles. The quantitative estimate of drug-likeness (QED) is 0.384. The summed E-state index contributed by atoms with van der Waals surface area (Å²) in [6.45, 7) is 16.0. The third-order valence-electron chi connectivity index (χ3n) is 6.74. The molecule has 31 heavy (non-hydrogen) atoms. The first-order valence-corrected chi connectivity index (χ1v) is 11.2. The molecule has 0 amide bonds. The van der Waals surface area contributed by atoms with Crippen molar-refractivity contribution >= 4 is 54.6 Å². The Kier molecular flexibility index (Phi) is 6.36. The van der Waals surface area contributed by atoms with E-state index in [1.54, 1.807) is 17.3 Å². The number of hydrogen-bond donors (Lipinski definition) is 0. The van der Waals surface area contributed by atoms with Gasteiger partial charge >= 0.3 is 14.2 Å². The van der Waals surface area contributed by atoms with Crippen LogP contribution in [0.2, 0.25) is 10.0 Å². The fourth-order valence-electron chi connectivity index (χ4n) is 3.38. The van der Waals surface area contributed by atoms with Crippen LogP contribution in [-0.2, 0) is 18.6 Å². The van der Waals surface area contributed by atoms with Gasteiger partial charge in [0.2, 0.25) is 0 Å². The smallest absolute Gasteiger partial charge is 0.399 e. The van der Waals surface area contributed by atoms with Crippen LogP contribution in [0.4, 0.5) is 0 Å². The van der Waals surface area contributed by atoms with Gasteiger partial charge in [0, 0.05) is 35.1 Å². The minimum absolute atomic E-state index is 0.434. The Hall–Kier alpha value is -0.760. The second kappa shape index (κ2) is 7.93. The fourth-order valence-corrected chi connectivity index (χ4v) is 4.04. The maximum Gasteiger partial charge on any atom is 0.497 e. The first kappa shape index (κ1) is 24.9. The molecule has 0 unspecified atom stereocenters. The topological polar surface area (TPSA) is 52.5 Å². The first-order chi connectivity index (χ1) is 14.0. The van der Waals surface area contributed by atoms with Gasteiger partial charge in [-0.15, -0.1) is 0 Å². The average molecular weight is 469 g/mol. The van der Waals surface area contributed by atoms with Crippen LogP contribution in [0.3, 0.4) is 0 Å². The van der Waals surface area contributed by atoms with Gasteiger partial charge < -0.3 is 23.6 Å². The molecule has 0 bridgehead atoms. The number of halogens is 2. The third kappa shape index (κ3) is 4.40. The highest BCUT2D eigenvalue weighted by molar-refractivity contribution is 6.72. The Morgan fingerprint density at radius 3 is 1.35 bits per heavy atom. The average Bonchev–Trinajstić information content (AvgIpc) is 2.91. The van der Waals surface area contributed by atoms with Crippen LogP contribution in [0.5, 0.6) is 0 Å². The molecular weight excluding hydrogens is 437 g/mol. The van der Waals surface area contributed by atoms with Crippen molar-refractivity contribution in [2.45, 2.75) is 77.8 Å². The van der Waals surface area contributed by atoms with E-state index in [1.807, 2.05) is 69.5 Å². The molecule has 170 valence electrons. The van der Waals surface area contributed by atoms with E-state index in [1.165, 1.54) is 0 Å². The minimum Gasteiger partial charge on any atom is -0.399 e. The predicted molar refractivity (Wildman–Crippen MR) is 129 cm³/mol. The normalized spacial score (nSPS) is 23.7. The molecular formula is C21H32B2Cl2N2O4. The Morgan fingerprint density at radius 2 is 1.06 bits per heavy atom. The van der Waals surface area contributed by atoms with Gasteiger partial charge in [-0.2, -0.15) is 5.10 Å². The molecule has 1 aromatic carbocycles. The Balaban J connectivity index is 2.20. The number of benzene rings is 1. The van der Waals surface area contributed by atoms with Crippen LogP contribution in [-0.4, -0.2) is 62.0 Å². The zero-order valence-corrected chi connectivity index (χ0v) is 21.6. The van der Waals surface area contributed by atoms with Crippen molar-refractivity contribution in [2.75, 3.05) is 14.1 Å². The van der Waals surface area contributed by atoms with E-state index in [9.17, 15) is 0 Å². The van der Waals surface area contributed by atoms with Crippen molar-refractivity contribution in [3.63, 3.8) is 0 Å². The summed E-state index contributed by atoms with van der Waals surface area (Å²) in [5.41, 5.74) is -0.132. The molecule has 0 aliphatic carbocycles. The standard InChI is InChI=1S/C21H32B2Cl2N2O4/c1-18(2)19(3,4)29-22(28-18)16-13(12-26-27(9)10)17(15(25)11-14(16)24)23-30-20(5,6)21(7,8)31-23/h11-12H,1-10H3/b26-12+. The van der Waals surface area contributed by atoms with Crippen LogP contribution in [0.25, 0.3) is 0 Å². The van der Waals surface area contributed by atoms with Crippen molar-refractivity contribution in [2.24, 2.45) is 5.10 Å². The number of hydrazone groups is 1. The van der Waals surface area contributed by atoms with Gasteiger partial charge in [-0.05, 0) is 67.0 Å². The lowest BCUT2D eigenvalue weighted by Gasteiger charge is -2.32. The fraction of sp³-hybridized carbons (Fsp3) is 0.667. The van der Waals surface area contributed by atoms with Gasteiger partial charge in [0.1, 0.15) is 0 Å².